The first-order valence-corrected chi connectivity index (χ1v) is 10.9. The minimum atomic E-state index is -0.597. The number of imide groups is 1. The van der Waals surface area contributed by atoms with Crippen LogP contribution in [0.2, 0.25) is 0 Å². The average molecular weight is 423 g/mol. The van der Waals surface area contributed by atoms with Gasteiger partial charge in [-0.25, -0.2) is 0 Å². The van der Waals surface area contributed by atoms with Crippen LogP contribution in [-0.2, 0) is 19.1 Å². The lowest BCUT2D eigenvalue weighted by Gasteiger charge is -2.30. The lowest BCUT2D eigenvalue weighted by molar-refractivity contribution is -0.152. The van der Waals surface area contributed by atoms with E-state index >= 15 is 0 Å². The molecule has 9 heteroatoms. The molecule has 0 aliphatic carbocycles. The third-order valence-corrected chi connectivity index (χ3v) is 6.45. The van der Waals surface area contributed by atoms with Crippen molar-refractivity contribution in [3.8, 4) is 0 Å². The maximum absolute atomic E-state index is 12.4. The number of nitrogens with zero attached hydrogens (tertiary/aromatic N) is 2. The number of amides is 3. The van der Waals surface area contributed by atoms with E-state index in [1.54, 1.807) is 11.0 Å². The second-order valence-corrected chi connectivity index (χ2v) is 8.80. The minimum absolute atomic E-state index is 0.0549. The smallest absolute Gasteiger partial charge is 0.308 e. The monoisotopic (exact) mass is 422 g/mol. The Kier molecular flexibility index (Phi) is 6.90. The number of likely N-dealkylation sites (tertiary alicyclic amines) is 1. The van der Waals surface area contributed by atoms with Crippen molar-refractivity contribution in [2.45, 2.75) is 26.2 Å². The van der Waals surface area contributed by atoms with Gasteiger partial charge in [-0.3, -0.25) is 24.1 Å². The van der Waals surface area contributed by atoms with E-state index in [0.717, 1.165) is 34.4 Å². The van der Waals surface area contributed by atoms with Crippen molar-refractivity contribution in [1.29, 1.82) is 0 Å². The molecule has 3 heterocycles. The Hall–Kier alpha value is -2.13. The zero-order chi connectivity index (χ0) is 20.1. The average Bonchev–Trinajstić information content (AvgIpc) is 3.27. The standard InChI is InChI=1S/C19H22N2O5S2/c1-13-4-7-20(8-5-13)16(22)12-26-17(23)6-9-21-18(24)15(28-19(21)25)11-14-3-2-10-27-14/h2-3,10-11,13H,4-9,12H2,1H3. The molecule has 0 unspecified atom stereocenters. The zero-order valence-electron chi connectivity index (χ0n) is 15.6. The molecule has 2 aliphatic heterocycles. The van der Waals surface area contributed by atoms with Crippen molar-refractivity contribution < 1.29 is 23.9 Å². The van der Waals surface area contributed by atoms with Crippen molar-refractivity contribution in [3.05, 3.63) is 27.3 Å². The van der Waals surface area contributed by atoms with Gasteiger partial charge in [0.05, 0.1) is 11.3 Å². The molecule has 1 aromatic rings. The van der Waals surface area contributed by atoms with Crippen molar-refractivity contribution in [2.75, 3.05) is 26.2 Å². The fourth-order valence-corrected chi connectivity index (χ4v) is 4.55. The first kappa shape index (κ1) is 20.6. The molecule has 0 N–H and O–H groups in total. The molecule has 2 fully saturated rings. The van der Waals surface area contributed by atoms with Crippen LogP contribution in [0, 0.1) is 5.92 Å². The highest BCUT2D eigenvalue weighted by molar-refractivity contribution is 8.18. The normalized spacial score (nSPS) is 19.5. The first-order chi connectivity index (χ1) is 13.4. The molecule has 0 radical (unpaired) electrons. The van der Waals surface area contributed by atoms with Gasteiger partial charge in [0.1, 0.15) is 0 Å². The van der Waals surface area contributed by atoms with Crippen molar-refractivity contribution >= 4 is 52.2 Å². The van der Waals surface area contributed by atoms with Gasteiger partial charge in [0.15, 0.2) is 6.61 Å². The third kappa shape index (κ3) is 5.23. The zero-order valence-corrected chi connectivity index (χ0v) is 17.2. The fraction of sp³-hybridized carbons (Fsp3) is 0.474. The Morgan fingerprint density at radius 1 is 1.29 bits per heavy atom. The van der Waals surface area contributed by atoms with Crippen LogP contribution in [0.5, 0.6) is 0 Å². The molecule has 2 saturated heterocycles. The largest absolute Gasteiger partial charge is 0.456 e. The summed E-state index contributed by atoms with van der Waals surface area (Å²) < 4.78 is 5.03. The summed E-state index contributed by atoms with van der Waals surface area (Å²) >= 11 is 2.33. The summed E-state index contributed by atoms with van der Waals surface area (Å²) in [5.74, 6) is -0.598. The number of thiophene rings is 1. The van der Waals surface area contributed by atoms with Gasteiger partial charge >= 0.3 is 5.97 Å². The van der Waals surface area contributed by atoms with E-state index in [4.69, 9.17) is 4.74 Å². The van der Waals surface area contributed by atoms with Crippen LogP contribution in [0.1, 0.15) is 31.1 Å². The van der Waals surface area contributed by atoms with Gasteiger partial charge in [-0.2, -0.15) is 0 Å². The van der Waals surface area contributed by atoms with Crippen LogP contribution >= 0.6 is 23.1 Å². The maximum Gasteiger partial charge on any atom is 0.308 e. The Morgan fingerprint density at radius 2 is 2.04 bits per heavy atom. The number of carbonyl (C=O) groups is 4. The van der Waals surface area contributed by atoms with Crippen LogP contribution in [-0.4, -0.2) is 59.1 Å². The van der Waals surface area contributed by atoms with Gasteiger partial charge in [-0.1, -0.05) is 13.0 Å². The number of thioether (sulfide) groups is 1. The number of carbonyl (C=O) groups excluding carboxylic acids is 4. The van der Waals surface area contributed by atoms with Crippen LogP contribution in [0.3, 0.4) is 0 Å². The van der Waals surface area contributed by atoms with Crippen LogP contribution in [0.15, 0.2) is 22.4 Å². The molecule has 0 spiro atoms. The highest BCUT2D eigenvalue weighted by Gasteiger charge is 2.35. The van der Waals surface area contributed by atoms with Crippen LogP contribution in [0.25, 0.3) is 6.08 Å². The molecule has 2 aliphatic rings. The van der Waals surface area contributed by atoms with Crippen molar-refractivity contribution in [3.63, 3.8) is 0 Å². The van der Waals surface area contributed by atoms with Crippen LogP contribution in [0.4, 0.5) is 4.79 Å². The molecule has 1 aromatic heterocycles. The first-order valence-electron chi connectivity index (χ1n) is 9.16. The number of hydrogen-bond donors (Lipinski definition) is 0. The van der Waals surface area contributed by atoms with Gasteiger partial charge in [0, 0.05) is 24.5 Å². The Balaban J connectivity index is 1.43. The van der Waals surface area contributed by atoms with E-state index in [2.05, 4.69) is 6.92 Å². The molecule has 7 nitrogen and oxygen atoms in total. The molecular formula is C19H22N2O5S2. The van der Waals surface area contributed by atoms with E-state index in [1.165, 1.54) is 11.3 Å². The Labute approximate surface area is 171 Å². The van der Waals surface area contributed by atoms with E-state index in [9.17, 15) is 19.2 Å². The molecule has 0 aromatic carbocycles. The second-order valence-electron chi connectivity index (χ2n) is 6.82. The fourth-order valence-electron chi connectivity index (χ4n) is 2.96. The molecule has 3 rings (SSSR count). The molecule has 3 amide bonds. The summed E-state index contributed by atoms with van der Waals surface area (Å²) in [4.78, 5) is 52.4. The molecule has 0 bridgehead atoms. The number of piperidine rings is 1. The lowest BCUT2D eigenvalue weighted by atomic mass is 9.99. The Bertz CT molecular complexity index is 782. The maximum atomic E-state index is 12.4. The molecule has 150 valence electrons. The summed E-state index contributed by atoms with van der Waals surface area (Å²) in [7, 11) is 0. The predicted octanol–water partition coefficient (Wildman–Crippen LogP) is 2.98. The van der Waals surface area contributed by atoms with Crippen LogP contribution < -0.4 is 0 Å². The van der Waals surface area contributed by atoms with E-state index in [-0.39, 0.29) is 25.5 Å². The number of rotatable bonds is 6. The summed E-state index contributed by atoms with van der Waals surface area (Å²) in [6.45, 7) is 3.17. The van der Waals surface area contributed by atoms with Gasteiger partial charge < -0.3 is 9.64 Å². The number of esters is 1. The highest BCUT2D eigenvalue weighted by atomic mass is 32.2. The summed E-state index contributed by atoms with van der Waals surface area (Å²) in [5.41, 5.74) is 0. The number of ether oxygens (including phenoxy) is 1. The quantitative estimate of drug-likeness (QED) is 0.518. The molecular weight excluding hydrogens is 400 g/mol. The minimum Gasteiger partial charge on any atom is -0.456 e. The molecule has 0 saturated carbocycles. The third-order valence-electron chi connectivity index (χ3n) is 4.72. The van der Waals surface area contributed by atoms with Gasteiger partial charge in [-0.15, -0.1) is 11.3 Å². The van der Waals surface area contributed by atoms with Gasteiger partial charge in [0.25, 0.3) is 17.1 Å². The highest BCUT2D eigenvalue weighted by Crippen LogP contribution is 2.33. The van der Waals surface area contributed by atoms with Gasteiger partial charge in [-0.05, 0) is 48.0 Å². The van der Waals surface area contributed by atoms with Crippen molar-refractivity contribution in [2.24, 2.45) is 5.92 Å². The van der Waals surface area contributed by atoms with E-state index in [1.807, 2.05) is 17.5 Å². The van der Waals surface area contributed by atoms with E-state index < -0.39 is 17.1 Å². The summed E-state index contributed by atoms with van der Waals surface area (Å²) in [6.07, 6.45) is 3.45. The molecule has 28 heavy (non-hydrogen) atoms. The number of hydrogen-bond acceptors (Lipinski definition) is 7. The summed E-state index contributed by atoms with van der Waals surface area (Å²) in [5, 5.41) is 1.48. The Morgan fingerprint density at radius 3 is 2.71 bits per heavy atom. The molecule has 0 atom stereocenters. The van der Waals surface area contributed by atoms with Crippen molar-refractivity contribution in [1.82, 2.24) is 9.80 Å². The predicted molar refractivity (Wildman–Crippen MR) is 108 cm³/mol. The lowest BCUT2D eigenvalue weighted by Crippen LogP contribution is -2.40. The second kappa shape index (κ2) is 9.38. The summed E-state index contributed by atoms with van der Waals surface area (Å²) in [6, 6.07) is 3.72. The topological polar surface area (TPSA) is 84.0 Å². The van der Waals surface area contributed by atoms with Gasteiger partial charge in [0.2, 0.25) is 0 Å². The van der Waals surface area contributed by atoms with E-state index in [0.29, 0.717) is 23.9 Å². The SMILES string of the molecule is CC1CCN(C(=O)COC(=O)CCN2C(=O)SC(=Cc3cccs3)C2=O)CC1.